The fourth-order valence-corrected chi connectivity index (χ4v) is 4.42. The smallest absolute Gasteiger partial charge is 0.272 e. The molecular weight excluding hydrogens is 484 g/mol. The van der Waals surface area contributed by atoms with Crippen molar-refractivity contribution >= 4 is 46.2 Å². The molecule has 0 bridgehead atoms. The Hall–Kier alpha value is -4.45. The Balaban J connectivity index is 1.29. The summed E-state index contributed by atoms with van der Waals surface area (Å²) in [5, 5.41) is 5.62. The fourth-order valence-electron chi connectivity index (χ4n) is 3.66. The second-order valence-corrected chi connectivity index (χ2v) is 8.57. The Morgan fingerprint density at radius 1 is 1.17 bits per heavy atom. The largest absolute Gasteiger partial charge is 0.497 e. The Bertz CT molecular complexity index is 1460. The van der Waals surface area contributed by atoms with Gasteiger partial charge in [0.2, 0.25) is 0 Å². The molecule has 0 unspecified atom stereocenters. The third kappa shape index (κ3) is 4.70. The Labute approximate surface area is 210 Å². The first-order valence-corrected chi connectivity index (χ1v) is 11.7. The van der Waals surface area contributed by atoms with Crippen LogP contribution in [0.2, 0.25) is 0 Å². The summed E-state index contributed by atoms with van der Waals surface area (Å²) in [5.41, 5.74) is 3.37. The normalized spacial score (nSPS) is 12.3. The number of H-pyrrole nitrogens is 1. The van der Waals surface area contributed by atoms with E-state index in [4.69, 9.17) is 14.2 Å². The molecule has 1 aliphatic heterocycles. The van der Waals surface area contributed by atoms with Gasteiger partial charge < -0.3 is 34.6 Å². The first-order chi connectivity index (χ1) is 17.6. The van der Waals surface area contributed by atoms with Crippen LogP contribution >= 0.6 is 11.9 Å². The predicted molar refractivity (Wildman–Crippen MR) is 135 cm³/mol. The van der Waals surface area contributed by atoms with Gasteiger partial charge in [-0.25, -0.2) is 9.97 Å². The summed E-state index contributed by atoms with van der Waals surface area (Å²) >= 11 is 1.34. The predicted octanol–water partition coefficient (Wildman–Crippen LogP) is 3.36. The zero-order valence-electron chi connectivity index (χ0n) is 19.4. The first-order valence-electron chi connectivity index (χ1n) is 10.9. The number of methoxy groups -OCH3 is 2. The Kier molecular flexibility index (Phi) is 6.50. The molecule has 5 rings (SSSR count). The lowest BCUT2D eigenvalue weighted by atomic mass is 10.1. The Morgan fingerprint density at radius 3 is 2.89 bits per heavy atom. The van der Waals surface area contributed by atoms with Crippen molar-refractivity contribution in [3.63, 3.8) is 0 Å². The minimum Gasteiger partial charge on any atom is -0.497 e. The number of aromatic nitrogens is 3. The van der Waals surface area contributed by atoms with E-state index < -0.39 is 0 Å². The van der Waals surface area contributed by atoms with E-state index in [0.29, 0.717) is 39.7 Å². The van der Waals surface area contributed by atoms with Crippen molar-refractivity contribution in [2.75, 3.05) is 30.9 Å². The van der Waals surface area contributed by atoms with Gasteiger partial charge in [-0.3, -0.25) is 9.59 Å². The lowest BCUT2D eigenvalue weighted by Gasteiger charge is -2.18. The van der Waals surface area contributed by atoms with Crippen molar-refractivity contribution < 1.29 is 23.8 Å². The van der Waals surface area contributed by atoms with E-state index in [0.717, 1.165) is 10.5 Å². The van der Waals surface area contributed by atoms with Gasteiger partial charge in [-0.1, -0.05) is 6.07 Å². The number of carbonyl (C=O) groups excluding carboxylic acids is 2. The molecule has 0 atom stereocenters. The van der Waals surface area contributed by atoms with Crippen molar-refractivity contribution in [3.05, 3.63) is 60.2 Å². The molecule has 0 fully saturated rings. The number of rotatable bonds is 8. The van der Waals surface area contributed by atoms with Gasteiger partial charge in [0, 0.05) is 18.8 Å². The molecule has 12 heteroatoms. The quantitative estimate of drug-likeness (QED) is 0.265. The average molecular weight is 507 g/mol. The van der Waals surface area contributed by atoms with Gasteiger partial charge in [0.05, 0.1) is 36.0 Å². The van der Waals surface area contributed by atoms with E-state index in [1.165, 1.54) is 18.3 Å². The fraction of sp³-hybridized carbons (Fsp3) is 0.167. The summed E-state index contributed by atoms with van der Waals surface area (Å²) in [6.45, 7) is 0.234. The molecule has 1 aliphatic rings. The molecule has 0 saturated carbocycles. The van der Waals surface area contributed by atoms with Gasteiger partial charge in [-0.15, -0.1) is 0 Å². The number of hydrogen-bond acceptors (Lipinski definition) is 9. The van der Waals surface area contributed by atoms with Crippen LogP contribution < -0.4 is 29.6 Å². The van der Waals surface area contributed by atoms with Crippen molar-refractivity contribution in [1.82, 2.24) is 20.3 Å². The number of aromatic amines is 1. The van der Waals surface area contributed by atoms with Gasteiger partial charge >= 0.3 is 0 Å². The van der Waals surface area contributed by atoms with Gasteiger partial charge in [0.1, 0.15) is 29.1 Å². The minimum atomic E-state index is -0.363. The van der Waals surface area contributed by atoms with Crippen molar-refractivity contribution in [2.24, 2.45) is 0 Å². The summed E-state index contributed by atoms with van der Waals surface area (Å²) < 4.78 is 19.3. The Morgan fingerprint density at radius 2 is 2.06 bits per heavy atom. The second-order valence-electron chi connectivity index (χ2n) is 7.72. The summed E-state index contributed by atoms with van der Waals surface area (Å²) in [6.07, 6.45) is 3.08. The number of hydrogen-bond donors (Lipinski definition) is 4. The molecule has 184 valence electrons. The van der Waals surface area contributed by atoms with Gasteiger partial charge in [-0.2, -0.15) is 0 Å². The zero-order chi connectivity index (χ0) is 25.1. The van der Waals surface area contributed by atoms with E-state index in [9.17, 15) is 9.59 Å². The molecule has 11 nitrogen and oxygen atoms in total. The highest BCUT2D eigenvalue weighted by Gasteiger charge is 2.19. The third-order valence-corrected chi connectivity index (χ3v) is 6.33. The van der Waals surface area contributed by atoms with Gasteiger partial charge in [0.15, 0.2) is 12.3 Å². The number of anilines is 2. The molecule has 4 N–H and O–H groups in total. The second kappa shape index (κ2) is 10.0. The van der Waals surface area contributed by atoms with Crippen LogP contribution in [0.15, 0.2) is 53.8 Å². The van der Waals surface area contributed by atoms with E-state index in [2.05, 4.69) is 30.3 Å². The molecule has 36 heavy (non-hydrogen) atoms. The van der Waals surface area contributed by atoms with Crippen LogP contribution in [-0.2, 0) is 11.3 Å². The van der Waals surface area contributed by atoms with Crippen LogP contribution in [0, 0.1) is 0 Å². The topological polar surface area (TPSA) is 139 Å². The van der Waals surface area contributed by atoms with Crippen LogP contribution in [-0.4, -0.2) is 47.6 Å². The minimum absolute atomic E-state index is 0.00800. The molecule has 0 aliphatic carbocycles. The van der Waals surface area contributed by atoms with E-state index in [1.807, 2.05) is 18.2 Å². The lowest BCUT2D eigenvalue weighted by Crippen LogP contribution is -2.26. The number of benzene rings is 2. The summed E-state index contributed by atoms with van der Waals surface area (Å²) in [4.78, 5) is 36.9. The number of fused-ring (bicyclic) bond motifs is 2. The van der Waals surface area contributed by atoms with Crippen molar-refractivity contribution in [3.8, 4) is 17.2 Å². The standard InChI is InChI=1S/C24H22N6O5S/c1-33-14-4-6-19(18(8-14)34-2)36-30-16-10-25-22-21(16)27-12-28-23(22)24(32)26-9-13-3-5-17-15(7-13)29-20(31)11-35-17/h3-8,10,12,25,30H,9,11H2,1-2H3,(H,26,32)(H,29,31). The summed E-state index contributed by atoms with van der Waals surface area (Å²) in [7, 11) is 3.19. The maximum atomic E-state index is 12.9. The highest BCUT2D eigenvalue weighted by Crippen LogP contribution is 2.35. The molecule has 4 aromatic rings. The molecule has 2 amide bonds. The molecule has 0 radical (unpaired) electrons. The number of ether oxygens (including phenoxy) is 3. The number of carbonyl (C=O) groups is 2. The molecule has 0 saturated heterocycles. The van der Waals surface area contributed by atoms with E-state index in [1.54, 1.807) is 38.6 Å². The highest BCUT2D eigenvalue weighted by molar-refractivity contribution is 8.00. The maximum absolute atomic E-state index is 12.9. The number of nitrogens with zero attached hydrogens (tertiary/aromatic N) is 2. The summed E-state index contributed by atoms with van der Waals surface area (Å²) in [6, 6.07) is 10.9. The summed E-state index contributed by atoms with van der Waals surface area (Å²) in [5.74, 6) is 1.37. The maximum Gasteiger partial charge on any atom is 0.272 e. The van der Waals surface area contributed by atoms with Crippen LogP contribution in [0.5, 0.6) is 17.2 Å². The number of nitrogens with one attached hydrogen (secondary N) is 4. The molecule has 0 spiro atoms. The van der Waals surface area contributed by atoms with Crippen LogP contribution in [0.25, 0.3) is 11.0 Å². The molecule has 2 aromatic carbocycles. The van der Waals surface area contributed by atoms with E-state index >= 15 is 0 Å². The molecule has 2 aromatic heterocycles. The van der Waals surface area contributed by atoms with Crippen molar-refractivity contribution in [2.45, 2.75) is 11.4 Å². The number of amides is 2. The third-order valence-electron chi connectivity index (χ3n) is 5.45. The monoisotopic (exact) mass is 506 g/mol. The highest BCUT2D eigenvalue weighted by atomic mass is 32.2. The van der Waals surface area contributed by atoms with Crippen LogP contribution in [0.4, 0.5) is 11.4 Å². The first kappa shape index (κ1) is 23.3. The molecular formula is C24H22N6O5S. The van der Waals surface area contributed by atoms with E-state index in [-0.39, 0.29) is 30.7 Å². The SMILES string of the molecule is COc1ccc(SNc2c[nH]c3c(C(=O)NCc4ccc5c(c4)NC(=O)CO5)ncnc23)c(OC)c1. The zero-order valence-corrected chi connectivity index (χ0v) is 20.2. The molecule has 3 heterocycles. The van der Waals surface area contributed by atoms with Crippen LogP contribution in [0.3, 0.4) is 0 Å². The van der Waals surface area contributed by atoms with Crippen molar-refractivity contribution in [1.29, 1.82) is 0 Å². The lowest BCUT2D eigenvalue weighted by molar-refractivity contribution is -0.118. The van der Waals surface area contributed by atoms with Crippen LogP contribution in [0.1, 0.15) is 16.1 Å². The van der Waals surface area contributed by atoms with Gasteiger partial charge in [-0.05, 0) is 41.8 Å². The average Bonchev–Trinajstić information content (AvgIpc) is 3.33. The van der Waals surface area contributed by atoms with Gasteiger partial charge in [0.25, 0.3) is 11.8 Å².